The lowest BCUT2D eigenvalue weighted by Gasteiger charge is -2.27. The number of nitrogens with zero attached hydrogens (tertiary/aromatic N) is 3. The van der Waals surface area contributed by atoms with Crippen molar-refractivity contribution in [2.24, 2.45) is 5.92 Å². The molecule has 0 saturated heterocycles. The maximum atomic E-state index is 13.1. The zero-order valence-electron chi connectivity index (χ0n) is 23.4. The van der Waals surface area contributed by atoms with Gasteiger partial charge in [0.1, 0.15) is 5.82 Å². The quantitative estimate of drug-likeness (QED) is 0.214. The van der Waals surface area contributed by atoms with Crippen molar-refractivity contribution in [3.05, 3.63) is 118 Å². The molecule has 8 heteroatoms. The zero-order valence-corrected chi connectivity index (χ0v) is 23.4. The van der Waals surface area contributed by atoms with Gasteiger partial charge in [0.2, 0.25) is 5.91 Å². The van der Waals surface area contributed by atoms with E-state index in [0.717, 1.165) is 34.6 Å². The molecule has 1 amide bonds. The molecule has 41 heavy (non-hydrogen) atoms. The van der Waals surface area contributed by atoms with E-state index in [0.29, 0.717) is 35.2 Å². The Labute approximate surface area is 239 Å². The monoisotopic (exact) mass is 547 g/mol. The third-order valence-electron chi connectivity index (χ3n) is 6.60. The number of carbonyl (C=O) groups is 1. The van der Waals surface area contributed by atoms with Gasteiger partial charge in [0, 0.05) is 36.0 Å². The maximum Gasteiger partial charge on any atom is 0.460 e. The van der Waals surface area contributed by atoms with Crippen molar-refractivity contribution >= 4 is 17.4 Å². The van der Waals surface area contributed by atoms with Gasteiger partial charge in [-0.25, -0.2) is 9.78 Å². The molecule has 0 spiro atoms. The minimum absolute atomic E-state index is 0.121. The Kier molecular flexibility index (Phi) is 8.39. The van der Waals surface area contributed by atoms with E-state index >= 15 is 0 Å². The first-order valence-electron chi connectivity index (χ1n) is 13.7. The first-order chi connectivity index (χ1) is 19.8. The predicted molar refractivity (Wildman–Crippen MR) is 162 cm³/mol. The minimum Gasteiger partial charge on any atom is -0.352 e. The standard InChI is InChI=1S/C33H33N5O3/c1-22(2)20-38(21-25-9-5-4-6-10-25)30-19-26(34-31(39)17-24-15-13-23(3)14-16-24)18-29(35-30)27-11-7-8-12-28(27)32-36-33(40)41-37-32/h4-16,18-19,22H,17,20-21H2,1-3H3,(H,34,35,39)(H,36,37,40). The lowest BCUT2D eigenvalue weighted by atomic mass is 10.0. The zero-order chi connectivity index (χ0) is 28.8. The number of H-pyrrole nitrogens is 1. The lowest BCUT2D eigenvalue weighted by Crippen LogP contribution is -2.28. The van der Waals surface area contributed by atoms with Gasteiger partial charge in [-0.15, -0.1) is 0 Å². The molecular weight excluding hydrogens is 514 g/mol. The SMILES string of the molecule is Cc1ccc(CC(=O)Nc2cc(-c3ccccc3-c3nc(=O)o[nH]3)nc(N(Cc3ccccc3)CC(C)C)c2)cc1. The maximum absolute atomic E-state index is 13.1. The summed E-state index contributed by atoms with van der Waals surface area (Å²) in [6, 6.07) is 29.5. The number of anilines is 2. The van der Waals surface area contributed by atoms with E-state index in [9.17, 15) is 9.59 Å². The van der Waals surface area contributed by atoms with Gasteiger partial charge in [-0.1, -0.05) is 98.3 Å². The summed E-state index contributed by atoms with van der Waals surface area (Å²) < 4.78 is 4.84. The van der Waals surface area contributed by atoms with Gasteiger partial charge in [-0.05, 0) is 30.0 Å². The second-order valence-electron chi connectivity index (χ2n) is 10.5. The summed E-state index contributed by atoms with van der Waals surface area (Å²) in [6.07, 6.45) is 0.254. The fourth-order valence-electron chi connectivity index (χ4n) is 4.73. The van der Waals surface area contributed by atoms with E-state index in [1.54, 1.807) is 0 Å². The number of benzene rings is 3. The number of hydrogen-bond acceptors (Lipinski definition) is 6. The summed E-state index contributed by atoms with van der Waals surface area (Å²) in [7, 11) is 0. The van der Waals surface area contributed by atoms with Crippen LogP contribution in [0.1, 0.15) is 30.5 Å². The summed E-state index contributed by atoms with van der Waals surface area (Å²) in [5.41, 5.74) is 5.92. The topological polar surface area (TPSA) is 104 Å². The highest BCUT2D eigenvalue weighted by atomic mass is 16.5. The van der Waals surface area contributed by atoms with E-state index in [1.165, 1.54) is 0 Å². The molecule has 0 aliphatic heterocycles. The van der Waals surface area contributed by atoms with Crippen LogP contribution in [-0.4, -0.2) is 27.6 Å². The molecule has 5 rings (SSSR count). The van der Waals surface area contributed by atoms with Crippen molar-refractivity contribution < 1.29 is 9.32 Å². The van der Waals surface area contributed by atoms with Crippen LogP contribution in [0.4, 0.5) is 11.5 Å². The average Bonchev–Trinajstić information content (AvgIpc) is 3.40. The highest BCUT2D eigenvalue weighted by Crippen LogP contribution is 2.33. The molecule has 0 saturated carbocycles. The van der Waals surface area contributed by atoms with Gasteiger partial charge in [-0.2, -0.15) is 10.1 Å². The number of carbonyl (C=O) groups excluding carboxylic acids is 1. The molecule has 0 atom stereocenters. The summed E-state index contributed by atoms with van der Waals surface area (Å²) >= 11 is 0. The Bertz CT molecular complexity index is 1670. The minimum atomic E-state index is -0.702. The largest absolute Gasteiger partial charge is 0.460 e. The fourth-order valence-corrected chi connectivity index (χ4v) is 4.73. The molecule has 208 valence electrons. The van der Waals surface area contributed by atoms with Gasteiger partial charge in [0.15, 0.2) is 5.82 Å². The number of nitrogens with one attached hydrogen (secondary N) is 2. The lowest BCUT2D eigenvalue weighted by molar-refractivity contribution is -0.115. The number of aromatic amines is 1. The van der Waals surface area contributed by atoms with E-state index in [4.69, 9.17) is 9.51 Å². The molecule has 2 heterocycles. The Hall–Kier alpha value is -4.98. The molecular formula is C33H33N5O3. The molecule has 0 fully saturated rings. The van der Waals surface area contributed by atoms with Gasteiger partial charge >= 0.3 is 5.76 Å². The number of hydrogen-bond donors (Lipinski definition) is 2. The molecule has 2 aromatic heterocycles. The van der Waals surface area contributed by atoms with Crippen LogP contribution in [0.15, 0.2) is 100 Å². The summed E-state index contributed by atoms with van der Waals surface area (Å²) in [4.78, 5) is 36.1. The van der Waals surface area contributed by atoms with Crippen LogP contribution >= 0.6 is 0 Å². The number of amides is 1. The van der Waals surface area contributed by atoms with Crippen molar-refractivity contribution in [1.29, 1.82) is 0 Å². The van der Waals surface area contributed by atoms with Gasteiger partial charge < -0.3 is 14.7 Å². The molecule has 8 nitrogen and oxygen atoms in total. The first kappa shape index (κ1) is 27.6. The number of aryl methyl sites for hydroxylation is 1. The molecule has 0 aliphatic rings. The Morgan fingerprint density at radius 1 is 0.902 bits per heavy atom. The Morgan fingerprint density at radius 3 is 2.29 bits per heavy atom. The van der Waals surface area contributed by atoms with Gasteiger partial charge in [0.25, 0.3) is 0 Å². The summed E-state index contributed by atoms with van der Waals surface area (Å²) in [6.45, 7) is 7.78. The third kappa shape index (κ3) is 7.16. The van der Waals surface area contributed by atoms with Crippen molar-refractivity contribution in [3.8, 4) is 22.6 Å². The van der Waals surface area contributed by atoms with Crippen LogP contribution < -0.4 is 16.0 Å². The van der Waals surface area contributed by atoms with E-state index < -0.39 is 5.76 Å². The van der Waals surface area contributed by atoms with Gasteiger partial charge in [-0.3, -0.25) is 4.79 Å². The van der Waals surface area contributed by atoms with Crippen molar-refractivity contribution in [2.75, 3.05) is 16.8 Å². The van der Waals surface area contributed by atoms with Crippen molar-refractivity contribution in [2.45, 2.75) is 33.7 Å². The second kappa shape index (κ2) is 12.5. The third-order valence-corrected chi connectivity index (χ3v) is 6.60. The smallest absolute Gasteiger partial charge is 0.352 e. The van der Waals surface area contributed by atoms with Gasteiger partial charge in [0.05, 0.1) is 12.1 Å². The van der Waals surface area contributed by atoms with Crippen LogP contribution in [0.5, 0.6) is 0 Å². The molecule has 3 aromatic carbocycles. The molecule has 0 aliphatic carbocycles. The van der Waals surface area contributed by atoms with Crippen molar-refractivity contribution in [1.82, 2.24) is 15.1 Å². The Balaban J connectivity index is 1.56. The van der Waals surface area contributed by atoms with E-state index in [2.05, 4.69) is 46.3 Å². The van der Waals surface area contributed by atoms with E-state index in [1.807, 2.05) is 85.8 Å². The summed E-state index contributed by atoms with van der Waals surface area (Å²) in [5, 5.41) is 5.69. The molecule has 5 aromatic rings. The molecule has 0 bridgehead atoms. The van der Waals surface area contributed by atoms with Crippen molar-refractivity contribution in [3.63, 3.8) is 0 Å². The normalized spacial score (nSPS) is 11.0. The summed E-state index contributed by atoms with van der Waals surface area (Å²) in [5.74, 6) is 0.590. The predicted octanol–water partition coefficient (Wildman–Crippen LogP) is 6.24. The van der Waals surface area contributed by atoms with Crippen LogP contribution in [0.3, 0.4) is 0 Å². The average molecular weight is 548 g/mol. The molecule has 0 unspecified atom stereocenters. The van der Waals surface area contributed by atoms with Crippen LogP contribution in [0, 0.1) is 12.8 Å². The number of aromatic nitrogens is 3. The molecule has 2 N–H and O–H groups in total. The number of pyridine rings is 1. The highest BCUT2D eigenvalue weighted by Gasteiger charge is 2.18. The van der Waals surface area contributed by atoms with Crippen LogP contribution in [0.25, 0.3) is 22.6 Å². The second-order valence-corrected chi connectivity index (χ2v) is 10.5. The Morgan fingerprint density at radius 2 is 1.61 bits per heavy atom. The fraction of sp³-hybridized carbons (Fsp3) is 0.212. The first-order valence-corrected chi connectivity index (χ1v) is 13.7. The van der Waals surface area contributed by atoms with Crippen LogP contribution in [-0.2, 0) is 17.8 Å². The highest BCUT2D eigenvalue weighted by molar-refractivity contribution is 5.93. The molecule has 0 radical (unpaired) electrons. The number of rotatable bonds is 10. The van der Waals surface area contributed by atoms with E-state index in [-0.39, 0.29) is 12.3 Å². The van der Waals surface area contributed by atoms with Crippen LogP contribution in [0.2, 0.25) is 0 Å².